The maximum atomic E-state index is 11.6. The normalized spacial score (nSPS) is 26.2. The molecule has 2 rings (SSSR count). The predicted octanol–water partition coefficient (Wildman–Crippen LogP) is 1.46. The van der Waals surface area contributed by atoms with Gasteiger partial charge in [-0.25, -0.2) is 12.7 Å². The molecule has 0 atom stereocenters. The Labute approximate surface area is 109 Å². The van der Waals surface area contributed by atoms with Crippen LogP contribution < -0.4 is 0 Å². The fourth-order valence-corrected chi connectivity index (χ4v) is 4.16. The topological polar surface area (TPSA) is 40.6 Å². The molecule has 0 amide bonds. The standard InChI is InChI=1S/C11H21ClN2O2S/c12-10-17(15,16)14-8-4-11(5-9-14)13-6-2-1-3-7-13/h11H,1-10H2. The largest absolute Gasteiger partial charge is 0.300 e. The van der Waals surface area contributed by atoms with E-state index in [0.29, 0.717) is 19.1 Å². The van der Waals surface area contributed by atoms with Gasteiger partial charge < -0.3 is 4.90 Å². The molecule has 6 heteroatoms. The minimum Gasteiger partial charge on any atom is -0.300 e. The van der Waals surface area contributed by atoms with Crippen LogP contribution in [0.5, 0.6) is 0 Å². The van der Waals surface area contributed by atoms with Gasteiger partial charge in [0.05, 0.1) is 0 Å². The first-order chi connectivity index (χ1) is 8.13. The number of hydrogen-bond acceptors (Lipinski definition) is 3. The van der Waals surface area contributed by atoms with Crippen molar-refractivity contribution in [1.29, 1.82) is 0 Å². The van der Waals surface area contributed by atoms with Crippen LogP contribution in [0.4, 0.5) is 0 Å². The van der Waals surface area contributed by atoms with Gasteiger partial charge in [-0.15, -0.1) is 11.6 Å². The molecule has 0 aromatic heterocycles. The van der Waals surface area contributed by atoms with Crippen LogP contribution in [0, 0.1) is 0 Å². The molecular weight excluding hydrogens is 260 g/mol. The predicted molar refractivity (Wildman–Crippen MR) is 69.7 cm³/mol. The van der Waals surface area contributed by atoms with Gasteiger partial charge in [0, 0.05) is 19.1 Å². The summed E-state index contributed by atoms with van der Waals surface area (Å²) in [5.41, 5.74) is 0. The molecular formula is C11H21ClN2O2S. The van der Waals surface area contributed by atoms with Crippen LogP contribution in [0.3, 0.4) is 0 Å². The highest BCUT2D eigenvalue weighted by molar-refractivity contribution is 7.90. The second kappa shape index (κ2) is 5.87. The third-order valence-electron chi connectivity index (χ3n) is 3.86. The number of hydrogen-bond donors (Lipinski definition) is 0. The Morgan fingerprint density at radius 3 is 2.12 bits per heavy atom. The first-order valence-corrected chi connectivity index (χ1v) is 8.56. The molecule has 4 nitrogen and oxygen atoms in total. The maximum absolute atomic E-state index is 11.6. The van der Waals surface area contributed by atoms with Gasteiger partial charge in [0.1, 0.15) is 5.21 Å². The van der Waals surface area contributed by atoms with Gasteiger partial charge in [0.2, 0.25) is 10.0 Å². The third-order valence-corrected chi connectivity index (χ3v) is 6.12. The second-order valence-corrected chi connectivity index (χ2v) is 7.50. The highest BCUT2D eigenvalue weighted by atomic mass is 35.5. The van der Waals surface area contributed by atoms with Crippen molar-refractivity contribution in [3.8, 4) is 0 Å². The van der Waals surface area contributed by atoms with Crippen LogP contribution in [-0.4, -0.2) is 55.1 Å². The van der Waals surface area contributed by atoms with Gasteiger partial charge in [-0.05, 0) is 38.8 Å². The Hall–Kier alpha value is 0.160. The van der Waals surface area contributed by atoms with Crippen molar-refractivity contribution in [1.82, 2.24) is 9.21 Å². The first-order valence-electron chi connectivity index (χ1n) is 6.41. The molecule has 2 saturated heterocycles. The van der Waals surface area contributed by atoms with Gasteiger partial charge in [-0.1, -0.05) is 6.42 Å². The number of alkyl halides is 1. The molecule has 0 aliphatic carbocycles. The van der Waals surface area contributed by atoms with E-state index in [9.17, 15) is 8.42 Å². The monoisotopic (exact) mass is 280 g/mol. The smallest absolute Gasteiger partial charge is 0.228 e. The number of rotatable bonds is 3. The van der Waals surface area contributed by atoms with E-state index in [4.69, 9.17) is 11.6 Å². The van der Waals surface area contributed by atoms with Crippen LogP contribution in [0.25, 0.3) is 0 Å². The van der Waals surface area contributed by atoms with Crippen molar-refractivity contribution < 1.29 is 8.42 Å². The van der Waals surface area contributed by atoms with Crippen LogP contribution in [0.1, 0.15) is 32.1 Å². The van der Waals surface area contributed by atoms with E-state index in [1.54, 1.807) is 4.31 Å². The summed E-state index contributed by atoms with van der Waals surface area (Å²) in [4.78, 5) is 2.54. The Balaban J connectivity index is 1.85. The lowest BCUT2D eigenvalue weighted by molar-refractivity contribution is 0.118. The Morgan fingerprint density at radius 2 is 1.59 bits per heavy atom. The highest BCUT2D eigenvalue weighted by Crippen LogP contribution is 2.22. The van der Waals surface area contributed by atoms with Gasteiger partial charge in [-0.3, -0.25) is 0 Å². The van der Waals surface area contributed by atoms with Crippen molar-refractivity contribution >= 4 is 21.6 Å². The molecule has 0 aromatic carbocycles. The summed E-state index contributed by atoms with van der Waals surface area (Å²) in [6.07, 6.45) is 5.84. The molecule has 0 aromatic rings. The SMILES string of the molecule is O=S(=O)(CCl)N1CCC(N2CCCCC2)CC1. The number of sulfonamides is 1. The van der Waals surface area contributed by atoms with Crippen LogP contribution in [0.15, 0.2) is 0 Å². The quantitative estimate of drug-likeness (QED) is 0.735. The van der Waals surface area contributed by atoms with Crippen molar-refractivity contribution in [2.45, 2.75) is 38.1 Å². The molecule has 2 heterocycles. The zero-order chi connectivity index (χ0) is 12.3. The number of halogens is 1. The molecule has 0 bridgehead atoms. The van der Waals surface area contributed by atoms with Gasteiger partial charge in [0.15, 0.2) is 0 Å². The summed E-state index contributed by atoms with van der Waals surface area (Å²) in [6, 6.07) is 0.581. The maximum Gasteiger partial charge on any atom is 0.228 e. The number of piperidine rings is 2. The molecule has 2 aliphatic rings. The fraction of sp³-hybridized carbons (Fsp3) is 1.00. The number of nitrogens with zero attached hydrogens (tertiary/aromatic N) is 2. The van der Waals surface area contributed by atoms with Gasteiger partial charge >= 0.3 is 0 Å². The molecule has 0 saturated carbocycles. The lowest BCUT2D eigenvalue weighted by Crippen LogP contribution is -2.48. The lowest BCUT2D eigenvalue weighted by atomic mass is 10.0. The minimum absolute atomic E-state index is 0.290. The van der Waals surface area contributed by atoms with E-state index in [1.807, 2.05) is 0 Å². The Bertz CT molecular complexity index is 333. The third kappa shape index (κ3) is 3.34. The van der Waals surface area contributed by atoms with Gasteiger partial charge in [0.25, 0.3) is 0 Å². The summed E-state index contributed by atoms with van der Waals surface area (Å²) < 4.78 is 24.8. The fourth-order valence-electron chi connectivity index (χ4n) is 2.84. The van der Waals surface area contributed by atoms with Crippen molar-refractivity contribution in [3.05, 3.63) is 0 Å². The Morgan fingerprint density at radius 1 is 1.00 bits per heavy atom. The molecule has 2 fully saturated rings. The van der Waals surface area contributed by atoms with E-state index in [1.165, 1.54) is 32.4 Å². The molecule has 100 valence electrons. The van der Waals surface area contributed by atoms with E-state index >= 15 is 0 Å². The first kappa shape index (κ1) is 13.6. The summed E-state index contributed by atoms with van der Waals surface area (Å²) >= 11 is 5.47. The van der Waals surface area contributed by atoms with E-state index < -0.39 is 10.0 Å². The average molecular weight is 281 g/mol. The molecule has 0 radical (unpaired) electrons. The zero-order valence-electron chi connectivity index (χ0n) is 10.1. The Kier molecular flexibility index (Phi) is 4.69. The minimum atomic E-state index is -3.20. The molecule has 0 spiro atoms. The number of likely N-dealkylation sites (tertiary alicyclic amines) is 1. The van der Waals surface area contributed by atoms with E-state index in [0.717, 1.165) is 12.8 Å². The zero-order valence-corrected chi connectivity index (χ0v) is 11.7. The van der Waals surface area contributed by atoms with Gasteiger partial charge in [-0.2, -0.15) is 0 Å². The van der Waals surface area contributed by atoms with Crippen LogP contribution >= 0.6 is 11.6 Å². The van der Waals surface area contributed by atoms with E-state index in [2.05, 4.69) is 4.90 Å². The summed E-state index contributed by atoms with van der Waals surface area (Å²) in [5, 5.41) is -0.290. The molecule has 2 aliphatic heterocycles. The average Bonchev–Trinajstić information content (AvgIpc) is 2.40. The molecule has 0 unspecified atom stereocenters. The lowest BCUT2D eigenvalue weighted by Gasteiger charge is -2.39. The summed E-state index contributed by atoms with van der Waals surface area (Å²) in [7, 11) is -3.20. The van der Waals surface area contributed by atoms with Crippen molar-refractivity contribution in [3.63, 3.8) is 0 Å². The van der Waals surface area contributed by atoms with Crippen molar-refractivity contribution in [2.24, 2.45) is 0 Å². The van der Waals surface area contributed by atoms with E-state index in [-0.39, 0.29) is 5.21 Å². The second-order valence-electron chi connectivity index (χ2n) is 4.95. The van der Waals surface area contributed by atoms with Crippen LogP contribution in [-0.2, 0) is 10.0 Å². The van der Waals surface area contributed by atoms with Crippen molar-refractivity contribution in [2.75, 3.05) is 31.4 Å². The highest BCUT2D eigenvalue weighted by Gasteiger charge is 2.30. The molecule has 17 heavy (non-hydrogen) atoms. The summed E-state index contributed by atoms with van der Waals surface area (Å²) in [5.74, 6) is 0. The van der Waals surface area contributed by atoms with Crippen LogP contribution in [0.2, 0.25) is 0 Å². The molecule has 0 N–H and O–H groups in total. The summed E-state index contributed by atoms with van der Waals surface area (Å²) in [6.45, 7) is 3.65.